The number of aryl methyl sites for hydroxylation is 1. The smallest absolute Gasteiger partial charge is 0.387 e. The van der Waals surface area contributed by atoms with Crippen LogP contribution in [0.2, 0.25) is 0 Å². The van der Waals surface area contributed by atoms with Crippen molar-refractivity contribution in [3.05, 3.63) is 65.2 Å². The number of alkyl halides is 3. The molecular formula is C16H15BrF2O. The average Bonchev–Trinajstić information content (AvgIpc) is 2.46. The maximum absolute atomic E-state index is 12.2. The Morgan fingerprint density at radius 3 is 2.35 bits per heavy atom. The normalized spacial score (nSPS) is 12.4. The minimum atomic E-state index is -2.80. The van der Waals surface area contributed by atoms with Gasteiger partial charge in [0.25, 0.3) is 0 Å². The highest BCUT2D eigenvalue weighted by Gasteiger charge is 2.12. The van der Waals surface area contributed by atoms with E-state index in [0.717, 1.165) is 17.5 Å². The van der Waals surface area contributed by atoms with Gasteiger partial charge >= 0.3 is 6.61 Å². The van der Waals surface area contributed by atoms with Crippen LogP contribution in [0.3, 0.4) is 0 Å². The van der Waals surface area contributed by atoms with Gasteiger partial charge in [0.2, 0.25) is 0 Å². The topological polar surface area (TPSA) is 9.23 Å². The van der Waals surface area contributed by atoms with Crippen LogP contribution in [0, 0.1) is 0 Å². The van der Waals surface area contributed by atoms with Crippen molar-refractivity contribution in [3.63, 3.8) is 0 Å². The van der Waals surface area contributed by atoms with Crippen LogP contribution in [-0.4, -0.2) is 6.61 Å². The largest absolute Gasteiger partial charge is 0.435 e. The fraction of sp³-hybridized carbons (Fsp3) is 0.250. The lowest BCUT2D eigenvalue weighted by atomic mass is 10.0. The second-order valence-corrected chi connectivity index (χ2v) is 5.32. The van der Waals surface area contributed by atoms with Gasteiger partial charge in [-0.05, 0) is 35.2 Å². The van der Waals surface area contributed by atoms with Crippen LogP contribution in [0.25, 0.3) is 0 Å². The van der Waals surface area contributed by atoms with Crippen molar-refractivity contribution < 1.29 is 13.5 Å². The summed E-state index contributed by atoms with van der Waals surface area (Å²) in [7, 11) is 0. The van der Waals surface area contributed by atoms with Crippen molar-refractivity contribution in [2.75, 3.05) is 0 Å². The van der Waals surface area contributed by atoms with E-state index in [-0.39, 0.29) is 10.6 Å². The number of hydrogen-bond donors (Lipinski definition) is 0. The molecule has 0 heterocycles. The van der Waals surface area contributed by atoms with Gasteiger partial charge in [0.15, 0.2) is 0 Å². The summed E-state index contributed by atoms with van der Waals surface area (Å²) in [4.78, 5) is -0.0466. The van der Waals surface area contributed by atoms with Crippen molar-refractivity contribution in [1.29, 1.82) is 0 Å². The second-order valence-electron chi connectivity index (χ2n) is 4.41. The van der Waals surface area contributed by atoms with Gasteiger partial charge in [-0.3, -0.25) is 0 Å². The molecule has 0 aliphatic rings. The van der Waals surface area contributed by atoms with E-state index in [1.807, 2.05) is 18.2 Å². The number of benzene rings is 2. The van der Waals surface area contributed by atoms with Crippen molar-refractivity contribution in [1.82, 2.24) is 0 Å². The number of rotatable bonds is 5. The molecule has 1 unspecified atom stereocenters. The zero-order chi connectivity index (χ0) is 14.5. The van der Waals surface area contributed by atoms with Crippen LogP contribution in [0.5, 0.6) is 5.75 Å². The molecule has 0 bridgehead atoms. The Balaban J connectivity index is 2.20. The highest BCUT2D eigenvalue weighted by atomic mass is 79.9. The molecule has 0 aliphatic carbocycles. The molecule has 0 aromatic heterocycles. The van der Waals surface area contributed by atoms with E-state index in [0.29, 0.717) is 0 Å². The molecule has 0 spiro atoms. The highest BCUT2D eigenvalue weighted by molar-refractivity contribution is 9.09. The molecule has 4 heteroatoms. The molecule has 106 valence electrons. The zero-order valence-corrected chi connectivity index (χ0v) is 12.6. The Morgan fingerprint density at radius 2 is 1.75 bits per heavy atom. The monoisotopic (exact) mass is 340 g/mol. The van der Waals surface area contributed by atoms with Gasteiger partial charge in [-0.25, -0.2) is 0 Å². The standard InChI is InChI=1S/C16H15BrF2O/c1-2-11-6-8-12(9-7-11)15(17)13-4-3-5-14(10-13)20-16(18)19/h3-10,15-16H,2H2,1H3. The number of hydrogen-bond acceptors (Lipinski definition) is 1. The Bertz CT molecular complexity index is 555. The van der Waals surface area contributed by atoms with E-state index in [1.54, 1.807) is 12.1 Å². The Labute approximate surface area is 125 Å². The third-order valence-corrected chi connectivity index (χ3v) is 4.11. The molecule has 0 N–H and O–H groups in total. The summed E-state index contributed by atoms with van der Waals surface area (Å²) in [6.45, 7) is -0.700. The summed E-state index contributed by atoms with van der Waals surface area (Å²) in [5.41, 5.74) is 3.23. The lowest BCUT2D eigenvalue weighted by molar-refractivity contribution is -0.0498. The Kier molecular flexibility index (Phi) is 5.12. The molecule has 20 heavy (non-hydrogen) atoms. The maximum Gasteiger partial charge on any atom is 0.387 e. The molecule has 0 radical (unpaired) electrons. The van der Waals surface area contributed by atoms with Crippen molar-refractivity contribution in [3.8, 4) is 5.75 Å². The average molecular weight is 341 g/mol. The minimum absolute atomic E-state index is 0.0466. The molecule has 0 aliphatic heterocycles. The van der Waals surface area contributed by atoms with E-state index in [1.165, 1.54) is 11.6 Å². The molecule has 0 saturated carbocycles. The molecule has 1 atom stereocenters. The molecule has 1 nitrogen and oxygen atoms in total. The van der Waals surface area contributed by atoms with Gasteiger partial charge in [-0.1, -0.05) is 59.3 Å². The first-order valence-electron chi connectivity index (χ1n) is 6.38. The van der Waals surface area contributed by atoms with Crippen molar-refractivity contribution in [2.24, 2.45) is 0 Å². The molecule has 0 fully saturated rings. The lowest BCUT2D eigenvalue weighted by Crippen LogP contribution is -2.02. The molecule has 2 aromatic carbocycles. The fourth-order valence-corrected chi connectivity index (χ4v) is 2.55. The van der Waals surface area contributed by atoms with Gasteiger partial charge < -0.3 is 4.74 Å². The quantitative estimate of drug-likeness (QED) is 0.668. The number of ether oxygens (including phenoxy) is 1. The SMILES string of the molecule is CCc1ccc(C(Br)c2cccc(OC(F)F)c2)cc1. The second kappa shape index (κ2) is 6.84. The number of halogens is 3. The molecule has 0 saturated heterocycles. The predicted octanol–water partition coefficient (Wildman–Crippen LogP) is 5.33. The minimum Gasteiger partial charge on any atom is -0.435 e. The van der Waals surface area contributed by atoms with Crippen LogP contribution >= 0.6 is 15.9 Å². The third-order valence-electron chi connectivity index (χ3n) is 3.06. The molecule has 2 rings (SSSR count). The first-order chi connectivity index (χ1) is 9.60. The Morgan fingerprint density at radius 1 is 1.05 bits per heavy atom. The van der Waals surface area contributed by atoms with E-state index < -0.39 is 6.61 Å². The molecule has 0 amide bonds. The molecule has 2 aromatic rings. The van der Waals surface area contributed by atoms with Gasteiger partial charge in [0.05, 0.1) is 4.83 Å². The van der Waals surface area contributed by atoms with Crippen molar-refractivity contribution >= 4 is 15.9 Å². The van der Waals surface area contributed by atoms with E-state index in [4.69, 9.17) is 0 Å². The first-order valence-corrected chi connectivity index (χ1v) is 7.29. The van der Waals surface area contributed by atoms with Crippen LogP contribution < -0.4 is 4.74 Å². The summed E-state index contributed by atoms with van der Waals surface area (Å²) in [5.74, 6) is 0.173. The summed E-state index contributed by atoms with van der Waals surface area (Å²) in [6.07, 6.45) is 0.991. The fourth-order valence-electron chi connectivity index (χ4n) is 1.96. The summed E-state index contributed by atoms with van der Waals surface area (Å²) in [6, 6.07) is 15.0. The van der Waals surface area contributed by atoms with Crippen LogP contribution in [0.1, 0.15) is 28.4 Å². The van der Waals surface area contributed by atoms with E-state index in [9.17, 15) is 8.78 Å². The Hall–Kier alpha value is -1.42. The summed E-state index contributed by atoms with van der Waals surface area (Å²) >= 11 is 3.60. The van der Waals surface area contributed by atoms with Gasteiger partial charge in [-0.2, -0.15) is 8.78 Å². The van der Waals surface area contributed by atoms with E-state index in [2.05, 4.69) is 39.7 Å². The third kappa shape index (κ3) is 3.79. The predicted molar refractivity (Wildman–Crippen MR) is 79.7 cm³/mol. The maximum atomic E-state index is 12.2. The molecular weight excluding hydrogens is 326 g/mol. The summed E-state index contributed by atoms with van der Waals surface area (Å²) in [5, 5.41) is 0. The van der Waals surface area contributed by atoms with Gasteiger partial charge in [-0.15, -0.1) is 0 Å². The van der Waals surface area contributed by atoms with Crippen LogP contribution in [0.15, 0.2) is 48.5 Å². The lowest BCUT2D eigenvalue weighted by Gasteiger charge is -2.13. The summed E-state index contributed by atoms with van der Waals surface area (Å²) < 4.78 is 28.9. The van der Waals surface area contributed by atoms with Crippen LogP contribution in [-0.2, 0) is 6.42 Å². The van der Waals surface area contributed by atoms with Gasteiger partial charge in [0.1, 0.15) is 5.75 Å². The van der Waals surface area contributed by atoms with E-state index >= 15 is 0 Å². The van der Waals surface area contributed by atoms with Gasteiger partial charge in [0, 0.05) is 0 Å². The first kappa shape index (κ1) is 15.0. The zero-order valence-electron chi connectivity index (χ0n) is 11.0. The van der Waals surface area contributed by atoms with Crippen LogP contribution in [0.4, 0.5) is 8.78 Å². The van der Waals surface area contributed by atoms with Crippen molar-refractivity contribution in [2.45, 2.75) is 24.8 Å². The highest BCUT2D eigenvalue weighted by Crippen LogP contribution is 2.32.